The van der Waals surface area contributed by atoms with E-state index in [0.717, 1.165) is 24.8 Å². The van der Waals surface area contributed by atoms with Crippen LogP contribution in [0.5, 0.6) is 11.5 Å². The molecule has 0 atom stereocenters. The standard InChI is InChI=1S/C17H25NO4/c1-16(2,15(19)20)17(8-5-9-17)18-11-12-6-7-13(21-3)14(10-12)22-4/h6-7,10,18H,5,8-9,11H2,1-4H3,(H,19,20). The summed E-state index contributed by atoms with van der Waals surface area (Å²) in [6.45, 7) is 4.21. The third-order valence-corrected chi connectivity index (χ3v) is 5.02. The van der Waals surface area contributed by atoms with Crippen molar-refractivity contribution in [1.82, 2.24) is 5.32 Å². The first-order valence-electron chi connectivity index (χ1n) is 7.55. The number of nitrogens with one attached hydrogen (secondary N) is 1. The summed E-state index contributed by atoms with van der Waals surface area (Å²) in [5, 5.41) is 13.0. The second-order valence-corrected chi connectivity index (χ2v) is 6.41. The molecule has 2 N–H and O–H groups in total. The van der Waals surface area contributed by atoms with E-state index >= 15 is 0 Å². The number of carboxylic acid groups (broad SMARTS) is 1. The molecule has 5 heteroatoms. The molecule has 1 aliphatic rings. The molecule has 0 saturated heterocycles. The number of methoxy groups -OCH3 is 2. The molecule has 0 bridgehead atoms. The third-order valence-electron chi connectivity index (χ3n) is 5.02. The Hall–Kier alpha value is -1.75. The van der Waals surface area contributed by atoms with Gasteiger partial charge in [0.2, 0.25) is 0 Å². The zero-order valence-electron chi connectivity index (χ0n) is 13.7. The molecule has 0 amide bonds. The minimum Gasteiger partial charge on any atom is -0.493 e. The lowest BCUT2D eigenvalue weighted by Crippen LogP contribution is -2.63. The fourth-order valence-electron chi connectivity index (χ4n) is 3.02. The summed E-state index contributed by atoms with van der Waals surface area (Å²) in [6, 6.07) is 5.76. The van der Waals surface area contributed by atoms with Crippen molar-refractivity contribution in [3.63, 3.8) is 0 Å². The van der Waals surface area contributed by atoms with Crippen LogP contribution in [0.1, 0.15) is 38.7 Å². The van der Waals surface area contributed by atoms with Crippen molar-refractivity contribution in [2.45, 2.75) is 45.2 Å². The highest BCUT2D eigenvalue weighted by molar-refractivity contribution is 5.76. The van der Waals surface area contributed by atoms with Gasteiger partial charge in [0.05, 0.1) is 19.6 Å². The van der Waals surface area contributed by atoms with Gasteiger partial charge < -0.3 is 19.9 Å². The van der Waals surface area contributed by atoms with Gasteiger partial charge in [0, 0.05) is 12.1 Å². The Morgan fingerprint density at radius 1 is 1.27 bits per heavy atom. The first-order chi connectivity index (χ1) is 10.4. The van der Waals surface area contributed by atoms with Crippen molar-refractivity contribution in [3.8, 4) is 11.5 Å². The summed E-state index contributed by atoms with van der Waals surface area (Å²) in [5.74, 6) is 0.615. The minimum absolute atomic E-state index is 0.341. The smallest absolute Gasteiger partial charge is 0.310 e. The van der Waals surface area contributed by atoms with Crippen molar-refractivity contribution >= 4 is 5.97 Å². The summed E-state index contributed by atoms with van der Waals surface area (Å²) < 4.78 is 10.5. The number of benzene rings is 1. The van der Waals surface area contributed by atoms with Gasteiger partial charge in [-0.05, 0) is 50.8 Å². The largest absolute Gasteiger partial charge is 0.493 e. The number of rotatable bonds is 7. The predicted molar refractivity (Wildman–Crippen MR) is 84.4 cm³/mol. The summed E-state index contributed by atoms with van der Waals surface area (Å²) in [7, 11) is 3.21. The Bertz CT molecular complexity index is 550. The first-order valence-corrected chi connectivity index (χ1v) is 7.55. The third kappa shape index (κ3) is 2.77. The first kappa shape index (κ1) is 16.6. The van der Waals surface area contributed by atoms with Crippen LogP contribution in [0.3, 0.4) is 0 Å². The molecule has 1 fully saturated rings. The van der Waals surface area contributed by atoms with Gasteiger partial charge in [-0.3, -0.25) is 4.79 Å². The second-order valence-electron chi connectivity index (χ2n) is 6.41. The van der Waals surface area contributed by atoms with Gasteiger partial charge in [0.1, 0.15) is 0 Å². The summed E-state index contributed by atoms with van der Waals surface area (Å²) in [6.07, 6.45) is 2.84. The Morgan fingerprint density at radius 3 is 2.36 bits per heavy atom. The summed E-state index contributed by atoms with van der Waals surface area (Å²) in [5.41, 5.74) is -0.0847. The van der Waals surface area contributed by atoms with E-state index < -0.39 is 11.4 Å². The highest BCUT2D eigenvalue weighted by Crippen LogP contribution is 2.46. The van der Waals surface area contributed by atoms with Crippen LogP contribution in [0, 0.1) is 5.41 Å². The fraction of sp³-hybridized carbons (Fsp3) is 0.588. The Labute approximate surface area is 131 Å². The maximum absolute atomic E-state index is 11.6. The van der Waals surface area contributed by atoms with Crippen LogP contribution in [0.2, 0.25) is 0 Å². The monoisotopic (exact) mass is 307 g/mol. The van der Waals surface area contributed by atoms with Crippen molar-refractivity contribution in [2.24, 2.45) is 5.41 Å². The van der Waals surface area contributed by atoms with Crippen molar-refractivity contribution in [3.05, 3.63) is 23.8 Å². The van der Waals surface area contributed by atoms with E-state index in [1.165, 1.54) is 0 Å². The molecule has 0 unspecified atom stereocenters. The minimum atomic E-state index is -0.790. The molecule has 1 aromatic rings. The summed E-state index contributed by atoms with van der Waals surface area (Å²) >= 11 is 0. The van der Waals surface area contributed by atoms with Crippen LogP contribution in [0.4, 0.5) is 0 Å². The van der Waals surface area contributed by atoms with E-state index in [1.807, 2.05) is 18.2 Å². The Morgan fingerprint density at radius 2 is 1.91 bits per heavy atom. The normalized spacial score (nSPS) is 16.7. The molecule has 22 heavy (non-hydrogen) atoms. The highest BCUT2D eigenvalue weighted by Gasteiger charge is 2.53. The van der Waals surface area contributed by atoms with Crippen molar-refractivity contribution in [1.29, 1.82) is 0 Å². The van der Waals surface area contributed by atoms with Crippen LogP contribution < -0.4 is 14.8 Å². The Kier molecular flexibility index (Phi) is 4.66. The molecular formula is C17H25NO4. The lowest BCUT2D eigenvalue weighted by Gasteiger charge is -2.51. The number of ether oxygens (including phenoxy) is 2. The van der Waals surface area contributed by atoms with Crippen LogP contribution >= 0.6 is 0 Å². The number of carbonyl (C=O) groups is 1. The SMILES string of the molecule is COc1ccc(CNC2(C(C)(C)C(=O)O)CCC2)cc1OC. The molecule has 1 saturated carbocycles. The van der Waals surface area contributed by atoms with Crippen LogP contribution in [0.15, 0.2) is 18.2 Å². The van der Waals surface area contributed by atoms with E-state index in [0.29, 0.717) is 18.0 Å². The fourth-order valence-corrected chi connectivity index (χ4v) is 3.02. The van der Waals surface area contributed by atoms with Crippen LogP contribution in [-0.4, -0.2) is 30.8 Å². The lowest BCUT2D eigenvalue weighted by molar-refractivity contribution is -0.155. The van der Waals surface area contributed by atoms with Crippen LogP contribution in [-0.2, 0) is 11.3 Å². The average molecular weight is 307 g/mol. The molecule has 0 spiro atoms. The predicted octanol–water partition coefficient (Wildman–Crippen LogP) is 2.83. The van der Waals surface area contributed by atoms with Gasteiger partial charge in [-0.15, -0.1) is 0 Å². The van der Waals surface area contributed by atoms with Gasteiger partial charge in [-0.1, -0.05) is 6.07 Å². The number of hydrogen-bond acceptors (Lipinski definition) is 4. The molecule has 0 aliphatic heterocycles. The molecule has 1 aromatic carbocycles. The lowest BCUT2D eigenvalue weighted by atomic mass is 9.60. The number of hydrogen-bond donors (Lipinski definition) is 2. The molecule has 0 radical (unpaired) electrons. The van der Waals surface area contributed by atoms with E-state index in [1.54, 1.807) is 28.1 Å². The zero-order valence-corrected chi connectivity index (χ0v) is 13.7. The van der Waals surface area contributed by atoms with Crippen LogP contribution in [0.25, 0.3) is 0 Å². The maximum Gasteiger partial charge on any atom is 0.310 e. The number of carboxylic acids is 1. The highest BCUT2D eigenvalue weighted by atomic mass is 16.5. The van der Waals surface area contributed by atoms with Gasteiger partial charge in [-0.2, -0.15) is 0 Å². The zero-order chi connectivity index (χ0) is 16.4. The van der Waals surface area contributed by atoms with E-state index in [9.17, 15) is 9.90 Å². The Balaban J connectivity index is 2.13. The van der Waals surface area contributed by atoms with Gasteiger partial charge in [0.25, 0.3) is 0 Å². The second kappa shape index (κ2) is 6.16. The molecule has 2 rings (SSSR count). The van der Waals surface area contributed by atoms with E-state index in [4.69, 9.17) is 9.47 Å². The van der Waals surface area contributed by atoms with Gasteiger partial charge in [0.15, 0.2) is 11.5 Å². The molecule has 0 aromatic heterocycles. The average Bonchev–Trinajstić information content (AvgIpc) is 2.45. The van der Waals surface area contributed by atoms with Gasteiger partial charge in [-0.25, -0.2) is 0 Å². The van der Waals surface area contributed by atoms with E-state index in [-0.39, 0.29) is 5.54 Å². The molecule has 0 heterocycles. The quantitative estimate of drug-likeness (QED) is 0.811. The molecule has 5 nitrogen and oxygen atoms in total. The summed E-state index contributed by atoms with van der Waals surface area (Å²) in [4.78, 5) is 11.6. The topological polar surface area (TPSA) is 67.8 Å². The van der Waals surface area contributed by atoms with E-state index in [2.05, 4.69) is 5.32 Å². The molecule has 122 valence electrons. The maximum atomic E-state index is 11.6. The van der Waals surface area contributed by atoms with Crippen molar-refractivity contribution < 1.29 is 19.4 Å². The number of aliphatic carboxylic acids is 1. The molecular weight excluding hydrogens is 282 g/mol. The molecule has 1 aliphatic carbocycles. The van der Waals surface area contributed by atoms with Crippen molar-refractivity contribution in [2.75, 3.05) is 14.2 Å². The van der Waals surface area contributed by atoms with Gasteiger partial charge >= 0.3 is 5.97 Å².